The van der Waals surface area contributed by atoms with Crippen LogP contribution in [0.25, 0.3) is 0 Å². The van der Waals surface area contributed by atoms with Crippen LogP contribution in [0.3, 0.4) is 0 Å². The van der Waals surface area contributed by atoms with E-state index in [0.717, 1.165) is 30.4 Å². The Morgan fingerprint density at radius 2 is 2.26 bits per heavy atom. The lowest BCUT2D eigenvalue weighted by atomic mass is 9.94. The van der Waals surface area contributed by atoms with E-state index in [1.54, 1.807) is 12.1 Å². The molecule has 3 nitrogen and oxygen atoms in total. The number of likely N-dealkylation sites (tertiary alicyclic amines) is 1. The smallest absolute Gasteiger partial charge is 0.253 e. The number of hydrogen-bond acceptors (Lipinski definition) is 2. The number of halogens is 2. The molecule has 1 aliphatic rings. The third-order valence-corrected chi connectivity index (χ3v) is 4.17. The summed E-state index contributed by atoms with van der Waals surface area (Å²) < 4.78 is 0.832. The number of carbonyl (C=O) groups excluding carboxylic acids is 1. The van der Waals surface area contributed by atoms with E-state index in [9.17, 15) is 4.79 Å². The zero-order valence-electron chi connectivity index (χ0n) is 10.7. The number of piperidine rings is 1. The summed E-state index contributed by atoms with van der Waals surface area (Å²) in [6, 6.07) is 5.33. The summed E-state index contributed by atoms with van der Waals surface area (Å²) in [4.78, 5) is 14.4. The number of benzene rings is 1. The van der Waals surface area contributed by atoms with Gasteiger partial charge in [0.25, 0.3) is 5.91 Å². The Labute approximate surface area is 127 Å². The summed E-state index contributed by atoms with van der Waals surface area (Å²) in [7, 11) is 0. The standard InChI is InChI=1S/C14H18BrClN2O/c15-12-6-11(7-13(16)8-12)14(19)18-5-1-2-10(9-18)3-4-17/h6-8,10H,1-5,9,17H2. The number of nitrogens with two attached hydrogens (primary N) is 1. The van der Waals surface area contributed by atoms with Crippen LogP contribution in [-0.4, -0.2) is 30.4 Å². The van der Waals surface area contributed by atoms with Crippen LogP contribution in [-0.2, 0) is 0 Å². The molecule has 1 heterocycles. The minimum absolute atomic E-state index is 0.0601. The van der Waals surface area contributed by atoms with Crippen LogP contribution in [0.2, 0.25) is 5.02 Å². The maximum Gasteiger partial charge on any atom is 0.253 e. The van der Waals surface area contributed by atoms with Crippen LogP contribution in [0.5, 0.6) is 0 Å². The van der Waals surface area contributed by atoms with Crippen molar-refractivity contribution >= 4 is 33.4 Å². The molecule has 1 amide bonds. The quantitative estimate of drug-likeness (QED) is 0.913. The van der Waals surface area contributed by atoms with Crippen LogP contribution in [0.1, 0.15) is 29.6 Å². The Kier molecular flexibility index (Phi) is 5.25. The lowest BCUT2D eigenvalue weighted by molar-refractivity contribution is 0.0669. The third-order valence-electron chi connectivity index (χ3n) is 3.49. The number of hydrogen-bond donors (Lipinski definition) is 1. The van der Waals surface area contributed by atoms with Gasteiger partial charge in [0, 0.05) is 28.1 Å². The lowest BCUT2D eigenvalue weighted by Crippen LogP contribution is -2.40. The first-order valence-electron chi connectivity index (χ1n) is 6.55. The van der Waals surface area contributed by atoms with E-state index in [0.29, 0.717) is 23.0 Å². The van der Waals surface area contributed by atoms with E-state index in [-0.39, 0.29) is 5.91 Å². The largest absolute Gasteiger partial charge is 0.338 e. The predicted molar refractivity (Wildman–Crippen MR) is 81.5 cm³/mol. The van der Waals surface area contributed by atoms with Crippen LogP contribution in [0.4, 0.5) is 0 Å². The van der Waals surface area contributed by atoms with Gasteiger partial charge in [-0.05, 0) is 49.9 Å². The molecule has 1 aromatic carbocycles. The highest BCUT2D eigenvalue weighted by Crippen LogP contribution is 2.24. The number of rotatable bonds is 3. The molecule has 0 radical (unpaired) electrons. The fraction of sp³-hybridized carbons (Fsp3) is 0.500. The van der Waals surface area contributed by atoms with Crippen molar-refractivity contribution in [2.24, 2.45) is 11.7 Å². The lowest BCUT2D eigenvalue weighted by Gasteiger charge is -2.32. The van der Waals surface area contributed by atoms with Crippen molar-refractivity contribution in [2.45, 2.75) is 19.3 Å². The van der Waals surface area contributed by atoms with Crippen molar-refractivity contribution < 1.29 is 4.79 Å². The van der Waals surface area contributed by atoms with Gasteiger partial charge < -0.3 is 10.6 Å². The molecule has 0 aromatic heterocycles. The maximum atomic E-state index is 12.5. The van der Waals surface area contributed by atoms with Gasteiger partial charge >= 0.3 is 0 Å². The summed E-state index contributed by atoms with van der Waals surface area (Å²) in [6.45, 7) is 2.32. The van der Waals surface area contributed by atoms with Crippen LogP contribution in [0, 0.1) is 5.92 Å². The number of nitrogens with zero attached hydrogens (tertiary/aromatic N) is 1. The highest BCUT2D eigenvalue weighted by atomic mass is 79.9. The summed E-state index contributed by atoms with van der Waals surface area (Å²) in [5, 5.41) is 0.577. The van der Waals surface area contributed by atoms with Crippen molar-refractivity contribution in [3.63, 3.8) is 0 Å². The fourth-order valence-electron chi connectivity index (χ4n) is 2.58. The molecule has 2 rings (SSSR count). The van der Waals surface area contributed by atoms with Gasteiger partial charge in [0.1, 0.15) is 0 Å². The van der Waals surface area contributed by atoms with E-state index < -0.39 is 0 Å². The SMILES string of the molecule is NCCC1CCCN(C(=O)c2cc(Cl)cc(Br)c2)C1. The molecular formula is C14H18BrClN2O. The molecule has 1 unspecified atom stereocenters. The van der Waals surface area contributed by atoms with E-state index in [1.165, 1.54) is 6.42 Å². The molecule has 5 heteroatoms. The van der Waals surface area contributed by atoms with Gasteiger partial charge in [-0.1, -0.05) is 27.5 Å². The van der Waals surface area contributed by atoms with Gasteiger partial charge in [-0.3, -0.25) is 4.79 Å². The molecule has 1 aliphatic heterocycles. The Morgan fingerprint density at radius 3 is 2.95 bits per heavy atom. The van der Waals surface area contributed by atoms with Crippen LogP contribution >= 0.6 is 27.5 Å². The summed E-state index contributed by atoms with van der Waals surface area (Å²) in [5.74, 6) is 0.593. The average Bonchev–Trinajstić information content (AvgIpc) is 2.37. The first kappa shape index (κ1) is 14.8. The van der Waals surface area contributed by atoms with Gasteiger partial charge in [0.15, 0.2) is 0 Å². The molecule has 1 fully saturated rings. The van der Waals surface area contributed by atoms with Gasteiger partial charge in [-0.2, -0.15) is 0 Å². The first-order chi connectivity index (χ1) is 9.10. The average molecular weight is 346 g/mol. The van der Waals surface area contributed by atoms with Gasteiger partial charge in [-0.15, -0.1) is 0 Å². The minimum atomic E-state index is 0.0601. The number of carbonyl (C=O) groups is 1. The molecule has 1 saturated heterocycles. The van der Waals surface area contributed by atoms with Crippen LogP contribution in [0.15, 0.2) is 22.7 Å². The second-order valence-electron chi connectivity index (χ2n) is 4.99. The molecule has 104 valence electrons. The normalized spacial score (nSPS) is 19.5. The fourth-order valence-corrected chi connectivity index (χ4v) is 3.44. The van der Waals surface area contributed by atoms with Crippen molar-refractivity contribution in [1.82, 2.24) is 4.90 Å². The van der Waals surface area contributed by atoms with Gasteiger partial charge in [-0.25, -0.2) is 0 Å². The van der Waals surface area contributed by atoms with E-state index in [1.807, 2.05) is 11.0 Å². The Hall–Kier alpha value is -0.580. The second-order valence-corrected chi connectivity index (χ2v) is 6.35. The Morgan fingerprint density at radius 1 is 1.47 bits per heavy atom. The molecule has 0 aliphatic carbocycles. The van der Waals surface area contributed by atoms with E-state index in [4.69, 9.17) is 17.3 Å². The van der Waals surface area contributed by atoms with Crippen molar-refractivity contribution in [3.8, 4) is 0 Å². The highest BCUT2D eigenvalue weighted by molar-refractivity contribution is 9.10. The second kappa shape index (κ2) is 6.73. The highest BCUT2D eigenvalue weighted by Gasteiger charge is 2.24. The molecule has 1 aromatic rings. The first-order valence-corrected chi connectivity index (χ1v) is 7.72. The maximum absolute atomic E-state index is 12.5. The van der Waals surface area contributed by atoms with Crippen molar-refractivity contribution in [2.75, 3.05) is 19.6 Å². The summed E-state index contributed by atoms with van der Waals surface area (Å²) in [6.07, 6.45) is 3.21. The zero-order valence-corrected chi connectivity index (χ0v) is 13.1. The molecule has 1 atom stereocenters. The summed E-state index contributed by atoms with van der Waals surface area (Å²) in [5.41, 5.74) is 6.25. The zero-order chi connectivity index (χ0) is 13.8. The minimum Gasteiger partial charge on any atom is -0.338 e. The van der Waals surface area contributed by atoms with Crippen molar-refractivity contribution in [3.05, 3.63) is 33.3 Å². The molecule has 0 bridgehead atoms. The molecule has 2 N–H and O–H groups in total. The summed E-state index contributed by atoms with van der Waals surface area (Å²) >= 11 is 9.36. The van der Waals surface area contributed by atoms with Gasteiger partial charge in [0.2, 0.25) is 0 Å². The molecule has 19 heavy (non-hydrogen) atoms. The third kappa shape index (κ3) is 3.94. The van der Waals surface area contributed by atoms with E-state index >= 15 is 0 Å². The topological polar surface area (TPSA) is 46.3 Å². The number of amides is 1. The molecule has 0 spiro atoms. The molecule has 0 saturated carbocycles. The Bertz CT molecular complexity index is 445. The predicted octanol–water partition coefficient (Wildman–Crippen LogP) is 3.30. The monoisotopic (exact) mass is 344 g/mol. The van der Waals surface area contributed by atoms with Gasteiger partial charge in [0.05, 0.1) is 0 Å². The van der Waals surface area contributed by atoms with E-state index in [2.05, 4.69) is 15.9 Å². The Balaban J connectivity index is 2.10. The van der Waals surface area contributed by atoms with Crippen molar-refractivity contribution in [1.29, 1.82) is 0 Å². The van der Waals surface area contributed by atoms with Crippen LogP contribution < -0.4 is 5.73 Å². The molecular weight excluding hydrogens is 328 g/mol.